The molecule has 2 unspecified atom stereocenters. The fourth-order valence-electron chi connectivity index (χ4n) is 0.0870. The predicted molar refractivity (Wildman–Crippen MR) is 26.9 cm³/mol. The lowest BCUT2D eigenvalue weighted by atomic mass is 10.4. The van der Waals surface area contributed by atoms with Crippen LogP contribution in [0.1, 0.15) is 0 Å². The molecule has 0 aliphatic rings. The Bertz CT molecular complexity index is 50.2. The summed E-state index contributed by atoms with van der Waals surface area (Å²) in [5.74, 6) is 0. The van der Waals surface area contributed by atoms with Crippen molar-refractivity contribution in [1.29, 1.82) is 0 Å². The standard InChI is InChI=1S/C3H8ClNO2/c4-3(7)2(5)1-6/h2-3,6-7H,1,5H2. The third kappa shape index (κ3) is 2.82. The van der Waals surface area contributed by atoms with Gasteiger partial charge in [-0.15, -0.1) is 0 Å². The fraction of sp³-hybridized carbons (Fsp3) is 1.00. The first-order valence-corrected chi connectivity index (χ1v) is 2.30. The Morgan fingerprint density at radius 3 is 2.14 bits per heavy atom. The van der Waals surface area contributed by atoms with Crippen LogP contribution in [0.25, 0.3) is 0 Å². The van der Waals surface area contributed by atoms with E-state index in [2.05, 4.69) is 0 Å². The lowest BCUT2D eigenvalue weighted by molar-refractivity contribution is 0.167. The van der Waals surface area contributed by atoms with Crippen molar-refractivity contribution in [2.45, 2.75) is 11.6 Å². The van der Waals surface area contributed by atoms with Crippen LogP contribution < -0.4 is 5.73 Å². The molecule has 0 amide bonds. The summed E-state index contributed by atoms with van der Waals surface area (Å²) < 4.78 is 0. The van der Waals surface area contributed by atoms with Crippen molar-refractivity contribution >= 4 is 11.6 Å². The molecule has 0 saturated heterocycles. The summed E-state index contributed by atoms with van der Waals surface area (Å²) in [4.78, 5) is 0. The van der Waals surface area contributed by atoms with Gasteiger partial charge in [0, 0.05) is 0 Å². The van der Waals surface area contributed by atoms with E-state index in [4.69, 9.17) is 27.5 Å². The minimum atomic E-state index is -1.13. The number of rotatable bonds is 2. The van der Waals surface area contributed by atoms with Gasteiger partial charge in [0.15, 0.2) is 0 Å². The number of nitrogens with two attached hydrogens (primary N) is 1. The third-order valence-electron chi connectivity index (χ3n) is 0.564. The number of halogens is 1. The van der Waals surface area contributed by atoms with E-state index in [0.29, 0.717) is 0 Å². The second kappa shape index (κ2) is 3.21. The number of aliphatic hydroxyl groups is 2. The molecule has 3 nitrogen and oxygen atoms in total. The summed E-state index contributed by atoms with van der Waals surface area (Å²) >= 11 is 5.00. The van der Waals surface area contributed by atoms with Gasteiger partial charge in [0.1, 0.15) is 5.56 Å². The fourth-order valence-corrected chi connectivity index (χ4v) is 0.167. The quantitative estimate of drug-likeness (QED) is 0.409. The molecule has 4 heteroatoms. The summed E-state index contributed by atoms with van der Waals surface area (Å²) in [6, 6.07) is -0.721. The molecule has 7 heavy (non-hydrogen) atoms. The molecule has 0 aromatic carbocycles. The van der Waals surface area contributed by atoms with E-state index in [1.165, 1.54) is 0 Å². The summed E-state index contributed by atoms with van der Waals surface area (Å²) in [7, 11) is 0. The average molecular weight is 126 g/mol. The molecule has 0 saturated carbocycles. The van der Waals surface area contributed by atoms with Crippen LogP contribution in [-0.4, -0.2) is 28.4 Å². The number of hydrogen-bond donors (Lipinski definition) is 3. The molecule has 0 heterocycles. The number of hydrogen-bond acceptors (Lipinski definition) is 3. The van der Waals surface area contributed by atoms with Crippen LogP contribution in [0.3, 0.4) is 0 Å². The van der Waals surface area contributed by atoms with Gasteiger partial charge in [-0.25, -0.2) is 0 Å². The Morgan fingerprint density at radius 2 is 2.14 bits per heavy atom. The van der Waals surface area contributed by atoms with Gasteiger partial charge in [0.2, 0.25) is 0 Å². The van der Waals surface area contributed by atoms with E-state index in [1.54, 1.807) is 0 Å². The van der Waals surface area contributed by atoms with Crippen LogP contribution in [0.5, 0.6) is 0 Å². The largest absolute Gasteiger partial charge is 0.395 e. The Morgan fingerprint density at radius 1 is 1.71 bits per heavy atom. The van der Waals surface area contributed by atoms with Crippen molar-refractivity contribution in [3.05, 3.63) is 0 Å². The Labute approximate surface area is 46.7 Å². The van der Waals surface area contributed by atoms with Gasteiger partial charge >= 0.3 is 0 Å². The molecule has 0 bridgehead atoms. The van der Waals surface area contributed by atoms with Gasteiger partial charge in [-0.3, -0.25) is 0 Å². The highest BCUT2D eigenvalue weighted by atomic mass is 35.5. The van der Waals surface area contributed by atoms with E-state index in [1.807, 2.05) is 0 Å². The molecule has 0 radical (unpaired) electrons. The van der Waals surface area contributed by atoms with Crippen LogP contribution in [0, 0.1) is 0 Å². The molecule has 0 aromatic heterocycles. The zero-order valence-corrected chi connectivity index (χ0v) is 4.47. The monoisotopic (exact) mass is 125 g/mol. The summed E-state index contributed by atoms with van der Waals surface area (Å²) in [5, 5.41) is 16.4. The van der Waals surface area contributed by atoms with Gasteiger partial charge in [-0.1, -0.05) is 11.6 Å². The van der Waals surface area contributed by atoms with Gasteiger partial charge in [0.05, 0.1) is 12.6 Å². The highest BCUT2D eigenvalue weighted by Gasteiger charge is 2.07. The summed E-state index contributed by atoms with van der Waals surface area (Å²) in [6.45, 7) is -0.287. The molecule has 0 spiro atoms. The van der Waals surface area contributed by atoms with Crippen LogP contribution >= 0.6 is 11.6 Å². The first-order valence-electron chi connectivity index (χ1n) is 1.87. The smallest absolute Gasteiger partial charge is 0.145 e. The second-order valence-electron chi connectivity index (χ2n) is 1.22. The van der Waals surface area contributed by atoms with Crippen LogP contribution in [0.4, 0.5) is 0 Å². The van der Waals surface area contributed by atoms with Crippen LogP contribution in [0.2, 0.25) is 0 Å². The van der Waals surface area contributed by atoms with Crippen molar-refractivity contribution < 1.29 is 10.2 Å². The molecule has 44 valence electrons. The minimum Gasteiger partial charge on any atom is -0.395 e. The highest BCUT2D eigenvalue weighted by molar-refractivity contribution is 6.19. The summed E-state index contributed by atoms with van der Waals surface area (Å²) in [6.07, 6.45) is 0. The SMILES string of the molecule is NC(CO)C(O)Cl. The van der Waals surface area contributed by atoms with Crippen molar-refractivity contribution in [1.82, 2.24) is 0 Å². The molecule has 0 rings (SSSR count). The van der Waals surface area contributed by atoms with E-state index in [0.717, 1.165) is 0 Å². The van der Waals surface area contributed by atoms with Crippen molar-refractivity contribution in [3.8, 4) is 0 Å². The lowest BCUT2D eigenvalue weighted by Crippen LogP contribution is -2.33. The molecular formula is C3H8ClNO2. The van der Waals surface area contributed by atoms with Crippen LogP contribution in [-0.2, 0) is 0 Å². The molecular weight excluding hydrogens is 117 g/mol. The van der Waals surface area contributed by atoms with Gasteiger partial charge in [-0.2, -0.15) is 0 Å². The van der Waals surface area contributed by atoms with E-state index < -0.39 is 11.6 Å². The first kappa shape index (κ1) is 7.17. The van der Waals surface area contributed by atoms with E-state index in [-0.39, 0.29) is 6.61 Å². The molecule has 2 atom stereocenters. The molecule has 0 aliphatic heterocycles. The number of alkyl halides is 1. The van der Waals surface area contributed by atoms with Gasteiger partial charge < -0.3 is 15.9 Å². The molecule has 4 N–H and O–H groups in total. The van der Waals surface area contributed by atoms with Crippen molar-refractivity contribution in [2.75, 3.05) is 6.61 Å². The topological polar surface area (TPSA) is 66.5 Å². The van der Waals surface area contributed by atoms with Gasteiger partial charge in [-0.05, 0) is 0 Å². The van der Waals surface area contributed by atoms with Gasteiger partial charge in [0.25, 0.3) is 0 Å². The minimum absolute atomic E-state index is 0.287. The molecule has 0 fully saturated rings. The Balaban J connectivity index is 3.14. The second-order valence-corrected chi connectivity index (χ2v) is 1.67. The zero-order valence-electron chi connectivity index (χ0n) is 3.71. The Kier molecular flexibility index (Phi) is 3.29. The first-order chi connectivity index (χ1) is 3.18. The average Bonchev–Trinajstić information content (AvgIpc) is 1.65. The summed E-state index contributed by atoms with van der Waals surface area (Å²) in [5.41, 5.74) is 3.85. The normalized spacial score (nSPS) is 18.9. The van der Waals surface area contributed by atoms with Crippen molar-refractivity contribution in [2.24, 2.45) is 5.73 Å². The van der Waals surface area contributed by atoms with E-state index in [9.17, 15) is 0 Å². The number of aliphatic hydroxyl groups excluding tert-OH is 2. The molecule has 0 aromatic rings. The Hall–Kier alpha value is 0.170. The zero-order chi connectivity index (χ0) is 5.86. The van der Waals surface area contributed by atoms with E-state index >= 15 is 0 Å². The third-order valence-corrected chi connectivity index (χ3v) is 0.888. The maximum absolute atomic E-state index is 8.30. The molecule has 0 aliphatic carbocycles. The maximum Gasteiger partial charge on any atom is 0.145 e. The van der Waals surface area contributed by atoms with Crippen molar-refractivity contribution in [3.63, 3.8) is 0 Å². The predicted octanol–water partition coefficient (Wildman–Crippen LogP) is -1.14. The lowest BCUT2D eigenvalue weighted by Gasteiger charge is -2.06. The highest BCUT2D eigenvalue weighted by Crippen LogP contribution is 1.92. The maximum atomic E-state index is 8.30. The van der Waals surface area contributed by atoms with Crippen LogP contribution in [0.15, 0.2) is 0 Å².